The van der Waals surface area contributed by atoms with Crippen LogP contribution in [0.5, 0.6) is 0 Å². The van der Waals surface area contributed by atoms with Crippen molar-refractivity contribution in [2.75, 3.05) is 11.4 Å². The number of rotatable bonds is 2. The van der Waals surface area contributed by atoms with Gasteiger partial charge in [0.15, 0.2) is 0 Å². The largest absolute Gasteiger partial charge is 0.419 e. The molecule has 0 bridgehead atoms. The Kier molecular flexibility index (Phi) is 5.00. The van der Waals surface area contributed by atoms with E-state index in [0.29, 0.717) is 19.5 Å². The number of benzene rings is 1. The van der Waals surface area contributed by atoms with Gasteiger partial charge in [-0.25, -0.2) is 14.6 Å². The number of aromatic amines is 1. The summed E-state index contributed by atoms with van der Waals surface area (Å²) in [6.45, 7) is 7.37. The molecule has 10 heteroatoms. The molecule has 0 spiro atoms. The van der Waals surface area contributed by atoms with Crippen molar-refractivity contribution in [1.29, 1.82) is 0 Å². The average Bonchev–Trinajstić information content (AvgIpc) is 3.56. The van der Waals surface area contributed by atoms with Gasteiger partial charge < -0.3 is 9.88 Å². The highest BCUT2D eigenvalue weighted by Crippen LogP contribution is 2.58. The average molecular weight is 551 g/mol. The first-order valence-electron chi connectivity index (χ1n) is 13.0. The predicted molar refractivity (Wildman–Crippen MR) is 143 cm³/mol. The third kappa shape index (κ3) is 3.32. The Bertz CT molecular complexity index is 1660. The number of fused-ring (bicyclic) bond motifs is 10. The van der Waals surface area contributed by atoms with E-state index in [4.69, 9.17) is 16.7 Å². The minimum Gasteiger partial charge on any atom is -0.363 e. The van der Waals surface area contributed by atoms with Crippen LogP contribution in [0.3, 0.4) is 0 Å². The van der Waals surface area contributed by atoms with Crippen LogP contribution < -0.4 is 4.90 Å². The maximum Gasteiger partial charge on any atom is 0.419 e. The van der Waals surface area contributed by atoms with Gasteiger partial charge in [0.05, 0.1) is 28.1 Å². The summed E-state index contributed by atoms with van der Waals surface area (Å²) in [6, 6.07) is 8.48. The lowest BCUT2D eigenvalue weighted by atomic mass is 9.63. The molecule has 2 atom stereocenters. The topological polar surface area (TPSA) is 62.6 Å². The summed E-state index contributed by atoms with van der Waals surface area (Å²) >= 11 is 7.12. The number of para-hydroxylation sites is 1. The zero-order valence-electron chi connectivity index (χ0n) is 21.7. The van der Waals surface area contributed by atoms with Gasteiger partial charge in [-0.05, 0) is 43.0 Å². The second-order valence-corrected chi connectivity index (χ2v) is 11.6. The molecule has 4 aromatic rings. The third-order valence-corrected chi connectivity index (χ3v) is 8.79. The third-order valence-electron chi connectivity index (χ3n) is 8.49. The minimum absolute atomic E-state index is 0.277. The highest BCUT2D eigenvalue weighted by atomic mass is 35.5. The molecule has 2 unspecified atom stereocenters. The Morgan fingerprint density at radius 1 is 1.13 bits per heavy atom. The van der Waals surface area contributed by atoms with Crippen LogP contribution in [0.2, 0.25) is 0 Å². The maximum absolute atomic E-state index is 13.1. The van der Waals surface area contributed by atoms with Crippen molar-refractivity contribution in [1.82, 2.24) is 24.7 Å². The standard InChI is InChI=1S/C29H26ClF3N6/c1-4-16-6-5-7-18-21-12-27(2,30)24-20(8-10-34-24)28(21,3)25-19-15-38(11-9-22(19)37-39(25)23(16)18)26-35-13-17(14-36-26)29(31,32)33/h5-8,10,12-14,34H,4,9,11,15H2,1-3H3. The predicted octanol–water partition coefficient (Wildman–Crippen LogP) is 6.30. The number of H-pyrrole nitrogens is 1. The molecular weight excluding hydrogens is 525 g/mol. The van der Waals surface area contributed by atoms with Gasteiger partial charge in [0, 0.05) is 54.9 Å². The number of alkyl halides is 4. The zero-order valence-corrected chi connectivity index (χ0v) is 22.5. The molecule has 1 aromatic carbocycles. The van der Waals surface area contributed by atoms with Crippen LogP contribution in [0.4, 0.5) is 19.1 Å². The second-order valence-electron chi connectivity index (χ2n) is 10.8. The fraction of sp³-hybridized carbons (Fsp3) is 0.345. The molecule has 1 aliphatic carbocycles. The second kappa shape index (κ2) is 7.97. The van der Waals surface area contributed by atoms with Gasteiger partial charge in [-0.3, -0.25) is 0 Å². The number of nitrogens with zero attached hydrogens (tertiary/aromatic N) is 5. The normalized spacial score (nSPS) is 23.4. The van der Waals surface area contributed by atoms with Crippen molar-refractivity contribution in [3.8, 4) is 5.69 Å². The van der Waals surface area contributed by atoms with Crippen LogP contribution in [0, 0.1) is 0 Å². The first-order chi connectivity index (χ1) is 18.5. The smallest absolute Gasteiger partial charge is 0.363 e. The summed E-state index contributed by atoms with van der Waals surface area (Å²) in [5.41, 5.74) is 8.25. The van der Waals surface area contributed by atoms with Crippen molar-refractivity contribution >= 4 is 23.1 Å². The van der Waals surface area contributed by atoms with Crippen molar-refractivity contribution in [3.05, 3.63) is 93.8 Å². The summed E-state index contributed by atoms with van der Waals surface area (Å²) in [5.74, 6) is 0.277. The number of anilines is 1. The Hall–Kier alpha value is -3.59. The fourth-order valence-electron chi connectivity index (χ4n) is 6.62. The summed E-state index contributed by atoms with van der Waals surface area (Å²) in [7, 11) is 0. The van der Waals surface area contributed by atoms with E-state index in [9.17, 15) is 13.2 Å². The molecule has 5 heterocycles. The lowest BCUT2D eigenvalue weighted by molar-refractivity contribution is -0.138. The molecule has 0 fully saturated rings. The quantitative estimate of drug-likeness (QED) is 0.297. The minimum atomic E-state index is -4.48. The zero-order chi connectivity index (χ0) is 27.3. The van der Waals surface area contributed by atoms with E-state index in [2.05, 4.69) is 63.8 Å². The van der Waals surface area contributed by atoms with Gasteiger partial charge in [-0.15, -0.1) is 11.6 Å². The first kappa shape index (κ1) is 24.5. The number of aryl methyl sites for hydroxylation is 1. The molecular formula is C29H26ClF3N6. The monoisotopic (exact) mass is 550 g/mol. The van der Waals surface area contributed by atoms with Crippen LogP contribution in [-0.2, 0) is 35.9 Å². The molecule has 3 aromatic heterocycles. The van der Waals surface area contributed by atoms with Crippen LogP contribution in [0.25, 0.3) is 11.3 Å². The number of hydrogen-bond donors (Lipinski definition) is 1. The Morgan fingerprint density at radius 2 is 1.90 bits per heavy atom. The number of halogens is 4. The maximum atomic E-state index is 13.1. The van der Waals surface area contributed by atoms with Gasteiger partial charge in [0.25, 0.3) is 0 Å². The van der Waals surface area contributed by atoms with Crippen LogP contribution in [0.1, 0.15) is 65.7 Å². The summed E-state index contributed by atoms with van der Waals surface area (Å²) in [5, 5.41) is 5.18. The van der Waals surface area contributed by atoms with E-state index < -0.39 is 22.0 Å². The van der Waals surface area contributed by atoms with Crippen LogP contribution in [-0.4, -0.2) is 31.3 Å². The van der Waals surface area contributed by atoms with Crippen LogP contribution in [0.15, 0.2) is 48.9 Å². The number of nitrogens with one attached hydrogen (secondary N) is 1. The van der Waals surface area contributed by atoms with E-state index in [1.807, 2.05) is 18.0 Å². The molecule has 0 radical (unpaired) electrons. The van der Waals surface area contributed by atoms with Crippen molar-refractivity contribution in [2.45, 2.75) is 56.6 Å². The first-order valence-corrected chi connectivity index (χ1v) is 13.4. The SMILES string of the molecule is CCc1cccc2c1-n1nc3c(c1C1(C)C2=CC(C)(Cl)c2[nH]ccc21)CN(c1ncc(C(F)(F)F)cn1)CC3. The van der Waals surface area contributed by atoms with Gasteiger partial charge >= 0.3 is 6.18 Å². The number of hydrogen-bond acceptors (Lipinski definition) is 4. The fourth-order valence-corrected chi connectivity index (χ4v) is 6.89. The van der Waals surface area contributed by atoms with Gasteiger partial charge in [0.2, 0.25) is 5.95 Å². The molecule has 2 aliphatic heterocycles. The molecule has 0 saturated heterocycles. The molecule has 39 heavy (non-hydrogen) atoms. The van der Waals surface area contributed by atoms with Crippen molar-refractivity contribution < 1.29 is 13.2 Å². The van der Waals surface area contributed by atoms with Gasteiger partial charge in [-0.2, -0.15) is 18.3 Å². The van der Waals surface area contributed by atoms with E-state index in [-0.39, 0.29) is 5.95 Å². The van der Waals surface area contributed by atoms with Crippen LogP contribution >= 0.6 is 11.6 Å². The Labute approximate surface area is 228 Å². The summed E-state index contributed by atoms with van der Waals surface area (Å²) < 4.78 is 41.5. The molecule has 0 saturated carbocycles. The number of aromatic nitrogens is 5. The molecule has 200 valence electrons. The molecule has 3 aliphatic rings. The van der Waals surface area contributed by atoms with E-state index in [0.717, 1.165) is 63.8 Å². The summed E-state index contributed by atoms with van der Waals surface area (Å²) in [4.78, 5) is 12.8. The Balaban J connectivity index is 1.44. The van der Waals surface area contributed by atoms with Gasteiger partial charge in [0.1, 0.15) is 4.87 Å². The van der Waals surface area contributed by atoms with Crippen molar-refractivity contribution in [3.63, 3.8) is 0 Å². The molecule has 6 nitrogen and oxygen atoms in total. The number of allylic oxidation sites excluding steroid dienone is 2. The lowest BCUT2D eigenvalue weighted by Gasteiger charge is -2.45. The molecule has 7 rings (SSSR count). The van der Waals surface area contributed by atoms with E-state index in [1.165, 1.54) is 5.56 Å². The van der Waals surface area contributed by atoms with Crippen molar-refractivity contribution in [2.24, 2.45) is 0 Å². The summed E-state index contributed by atoms with van der Waals surface area (Å²) in [6.07, 6.45) is 2.79. The molecule has 0 amide bonds. The Morgan fingerprint density at radius 3 is 2.62 bits per heavy atom. The van der Waals surface area contributed by atoms with Gasteiger partial charge in [-0.1, -0.05) is 31.2 Å². The molecule has 1 N–H and O–H groups in total. The highest BCUT2D eigenvalue weighted by molar-refractivity contribution is 6.26. The highest BCUT2D eigenvalue weighted by Gasteiger charge is 2.51. The van der Waals surface area contributed by atoms with E-state index in [1.54, 1.807) is 0 Å². The van der Waals surface area contributed by atoms with E-state index >= 15 is 0 Å². The lowest BCUT2D eigenvalue weighted by Crippen LogP contribution is -2.41.